The molecule has 2 rings (SSSR count). The second-order valence-corrected chi connectivity index (χ2v) is 6.49. The summed E-state index contributed by atoms with van der Waals surface area (Å²) in [5, 5.41) is 7.17. The van der Waals surface area contributed by atoms with Crippen molar-refractivity contribution in [3.63, 3.8) is 0 Å². The molecule has 1 aromatic rings. The standard InChI is InChI=1S/C17H25ClN2O/c1-13(14-8-4-5-9-15(14)18)20-16(21)12-17(19-2)10-6-3-7-11-17/h4-5,8-9,13,19H,3,6-7,10-12H2,1-2H3,(H,20,21). The highest BCUT2D eigenvalue weighted by molar-refractivity contribution is 6.31. The van der Waals surface area contributed by atoms with Gasteiger partial charge in [0.15, 0.2) is 0 Å². The van der Waals surface area contributed by atoms with Crippen LogP contribution in [-0.4, -0.2) is 18.5 Å². The molecule has 1 saturated carbocycles. The maximum Gasteiger partial charge on any atom is 0.222 e. The van der Waals surface area contributed by atoms with Gasteiger partial charge in [-0.15, -0.1) is 0 Å². The quantitative estimate of drug-likeness (QED) is 0.868. The average Bonchev–Trinajstić information content (AvgIpc) is 2.48. The van der Waals surface area contributed by atoms with Gasteiger partial charge in [-0.3, -0.25) is 4.79 Å². The fourth-order valence-electron chi connectivity index (χ4n) is 3.25. The Labute approximate surface area is 132 Å². The van der Waals surface area contributed by atoms with Crippen LogP contribution in [0.1, 0.15) is 57.1 Å². The van der Waals surface area contributed by atoms with Crippen molar-refractivity contribution >= 4 is 17.5 Å². The molecular weight excluding hydrogens is 284 g/mol. The van der Waals surface area contributed by atoms with Gasteiger partial charge < -0.3 is 10.6 Å². The molecule has 116 valence electrons. The van der Waals surface area contributed by atoms with E-state index in [0.717, 1.165) is 18.4 Å². The van der Waals surface area contributed by atoms with E-state index in [0.29, 0.717) is 11.4 Å². The first-order chi connectivity index (χ1) is 10.1. The number of amides is 1. The Morgan fingerprint density at radius 3 is 2.57 bits per heavy atom. The Bertz CT molecular complexity index is 483. The van der Waals surface area contributed by atoms with Crippen LogP contribution in [0.3, 0.4) is 0 Å². The van der Waals surface area contributed by atoms with E-state index in [1.54, 1.807) is 0 Å². The van der Waals surface area contributed by atoms with E-state index in [4.69, 9.17) is 11.6 Å². The first-order valence-electron chi connectivity index (χ1n) is 7.79. The lowest BCUT2D eigenvalue weighted by Crippen LogP contribution is -2.48. The van der Waals surface area contributed by atoms with Gasteiger partial charge in [0.1, 0.15) is 0 Å². The van der Waals surface area contributed by atoms with Crippen molar-refractivity contribution < 1.29 is 4.79 Å². The summed E-state index contributed by atoms with van der Waals surface area (Å²) in [4.78, 5) is 12.4. The summed E-state index contributed by atoms with van der Waals surface area (Å²) in [6, 6.07) is 7.60. The Morgan fingerprint density at radius 2 is 1.95 bits per heavy atom. The first-order valence-corrected chi connectivity index (χ1v) is 8.17. The Hall–Kier alpha value is -1.06. The number of hydrogen-bond donors (Lipinski definition) is 2. The fraction of sp³-hybridized carbons (Fsp3) is 0.588. The molecule has 0 aliphatic heterocycles. The molecule has 0 radical (unpaired) electrons. The molecule has 1 amide bonds. The summed E-state index contributed by atoms with van der Waals surface area (Å²) in [5.41, 5.74) is 0.942. The molecule has 0 bridgehead atoms. The average molecular weight is 309 g/mol. The van der Waals surface area contributed by atoms with Crippen LogP contribution in [0, 0.1) is 0 Å². The summed E-state index contributed by atoms with van der Waals surface area (Å²) in [7, 11) is 1.97. The summed E-state index contributed by atoms with van der Waals surface area (Å²) in [5.74, 6) is 0.0960. The van der Waals surface area contributed by atoms with Crippen molar-refractivity contribution in [3.05, 3.63) is 34.9 Å². The SMILES string of the molecule is CNC1(CC(=O)NC(C)c2ccccc2Cl)CCCCC1. The van der Waals surface area contributed by atoms with Crippen LogP contribution in [-0.2, 0) is 4.79 Å². The summed E-state index contributed by atoms with van der Waals surface area (Å²) in [6.45, 7) is 1.98. The Morgan fingerprint density at radius 1 is 1.29 bits per heavy atom. The summed E-state index contributed by atoms with van der Waals surface area (Å²) in [6.07, 6.45) is 6.39. The normalized spacial score (nSPS) is 19.0. The molecule has 1 aliphatic rings. The van der Waals surface area contributed by atoms with Crippen molar-refractivity contribution in [1.82, 2.24) is 10.6 Å². The number of hydrogen-bond acceptors (Lipinski definition) is 2. The van der Waals surface area contributed by atoms with Gasteiger partial charge in [-0.05, 0) is 38.4 Å². The highest BCUT2D eigenvalue weighted by Gasteiger charge is 2.32. The van der Waals surface area contributed by atoms with E-state index in [1.165, 1.54) is 19.3 Å². The third-order valence-corrected chi connectivity index (χ3v) is 4.93. The lowest BCUT2D eigenvalue weighted by atomic mass is 9.79. The Balaban J connectivity index is 1.96. The molecule has 0 aromatic heterocycles. The van der Waals surface area contributed by atoms with Crippen molar-refractivity contribution in [2.75, 3.05) is 7.05 Å². The molecule has 4 heteroatoms. The fourth-order valence-corrected chi connectivity index (χ4v) is 3.55. The predicted octanol–water partition coefficient (Wildman–Crippen LogP) is 3.83. The van der Waals surface area contributed by atoms with Crippen molar-refractivity contribution in [2.24, 2.45) is 0 Å². The molecule has 1 aliphatic carbocycles. The van der Waals surface area contributed by atoms with Gasteiger partial charge in [-0.1, -0.05) is 49.1 Å². The predicted molar refractivity (Wildman–Crippen MR) is 87.5 cm³/mol. The third-order valence-electron chi connectivity index (χ3n) is 4.59. The highest BCUT2D eigenvalue weighted by Crippen LogP contribution is 2.31. The van der Waals surface area contributed by atoms with Crippen LogP contribution in [0.15, 0.2) is 24.3 Å². The third kappa shape index (κ3) is 4.21. The van der Waals surface area contributed by atoms with E-state index >= 15 is 0 Å². The number of carbonyl (C=O) groups excluding carboxylic acids is 1. The van der Waals surface area contributed by atoms with Crippen LogP contribution >= 0.6 is 11.6 Å². The van der Waals surface area contributed by atoms with Crippen LogP contribution in [0.2, 0.25) is 5.02 Å². The second-order valence-electron chi connectivity index (χ2n) is 6.08. The number of carbonyl (C=O) groups is 1. The molecule has 1 aromatic carbocycles. The van der Waals surface area contributed by atoms with Crippen LogP contribution in [0.25, 0.3) is 0 Å². The topological polar surface area (TPSA) is 41.1 Å². The molecule has 3 nitrogen and oxygen atoms in total. The van der Waals surface area contributed by atoms with Gasteiger partial charge >= 0.3 is 0 Å². The van der Waals surface area contributed by atoms with Gasteiger partial charge in [-0.2, -0.15) is 0 Å². The molecule has 21 heavy (non-hydrogen) atoms. The zero-order chi connectivity index (χ0) is 15.3. The van der Waals surface area contributed by atoms with E-state index in [-0.39, 0.29) is 17.5 Å². The maximum absolute atomic E-state index is 12.4. The number of halogens is 1. The molecule has 1 atom stereocenters. The largest absolute Gasteiger partial charge is 0.349 e. The van der Waals surface area contributed by atoms with Gasteiger partial charge in [0.05, 0.1) is 6.04 Å². The molecule has 0 saturated heterocycles. The minimum atomic E-state index is -0.0660. The number of rotatable bonds is 5. The van der Waals surface area contributed by atoms with Gasteiger partial charge in [0.2, 0.25) is 5.91 Å². The molecule has 1 fully saturated rings. The smallest absolute Gasteiger partial charge is 0.222 e. The molecule has 0 heterocycles. The van der Waals surface area contributed by atoms with Crippen molar-refractivity contribution in [3.8, 4) is 0 Å². The zero-order valence-corrected chi connectivity index (χ0v) is 13.7. The molecular formula is C17H25ClN2O. The summed E-state index contributed by atoms with van der Waals surface area (Å²) >= 11 is 6.19. The van der Waals surface area contributed by atoms with Gasteiger partial charge in [-0.25, -0.2) is 0 Å². The lowest BCUT2D eigenvalue weighted by Gasteiger charge is -2.37. The molecule has 2 N–H and O–H groups in total. The highest BCUT2D eigenvalue weighted by atomic mass is 35.5. The van der Waals surface area contributed by atoms with E-state index in [2.05, 4.69) is 10.6 Å². The molecule has 0 spiro atoms. The van der Waals surface area contributed by atoms with Crippen LogP contribution in [0.4, 0.5) is 0 Å². The first kappa shape index (κ1) is 16.3. The Kier molecular flexibility index (Phi) is 5.65. The van der Waals surface area contributed by atoms with Gasteiger partial charge in [0.25, 0.3) is 0 Å². The van der Waals surface area contributed by atoms with Crippen LogP contribution in [0.5, 0.6) is 0 Å². The molecule has 1 unspecified atom stereocenters. The second kappa shape index (κ2) is 7.28. The summed E-state index contributed by atoms with van der Waals surface area (Å²) < 4.78 is 0. The number of nitrogens with one attached hydrogen (secondary N) is 2. The van der Waals surface area contributed by atoms with Crippen molar-refractivity contribution in [2.45, 2.75) is 57.0 Å². The van der Waals surface area contributed by atoms with E-state index < -0.39 is 0 Å². The number of benzene rings is 1. The minimum Gasteiger partial charge on any atom is -0.349 e. The van der Waals surface area contributed by atoms with Gasteiger partial charge in [0, 0.05) is 17.0 Å². The van der Waals surface area contributed by atoms with Crippen molar-refractivity contribution in [1.29, 1.82) is 0 Å². The van der Waals surface area contributed by atoms with E-state index in [1.807, 2.05) is 38.2 Å². The minimum absolute atomic E-state index is 0.0253. The maximum atomic E-state index is 12.4. The van der Waals surface area contributed by atoms with Crippen LogP contribution < -0.4 is 10.6 Å². The monoisotopic (exact) mass is 308 g/mol. The zero-order valence-electron chi connectivity index (χ0n) is 12.9. The lowest BCUT2D eigenvalue weighted by molar-refractivity contribution is -0.123. The van der Waals surface area contributed by atoms with E-state index in [9.17, 15) is 4.79 Å².